The van der Waals surface area contributed by atoms with Crippen LogP contribution < -0.4 is 0 Å². The zero-order valence-electron chi connectivity index (χ0n) is 9.09. The lowest BCUT2D eigenvalue weighted by atomic mass is 9.95. The number of rotatable bonds is 3. The largest absolute Gasteiger partial charge is 0.325 e. The van der Waals surface area contributed by atoms with Gasteiger partial charge in [-0.2, -0.15) is 13.7 Å². The zero-order valence-corrected chi connectivity index (χ0v) is 9.90. The second kappa shape index (κ2) is 5.66. The summed E-state index contributed by atoms with van der Waals surface area (Å²) in [5.74, 6) is -0.0123. The number of oxime groups is 1. The predicted octanol–water partition coefficient (Wildman–Crippen LogP) is 1.59. The highest BCUT2D eigenvalue weighted by molar-refractivity contribution is 7.85. The molecule has 0 radical (unpaired) electrons. The molecule has 0 saturated carbocycles. The first-order chi connectivity index (χ1) is 7.53. The Labute approximate surface area is 95.5 Å². The predicted molar refractivity (Wildman–Crippen MR) is 60.1 cm³/mol. The van der Waals surface area contributed by atoms with Gasteiger partial charge in [-0.1, -0.05) is 17.3 Å². The first-order valence-corrected chi connectivity index (χ1v) is 6.82. The summed E-state index contributed by atoms with van der Waals surface area (Å²) in [7, 11) is -3.57. The fourth-order valence-electron chi connectivity index (χ4n) is 1.51. The number of nitriles is 1. The van der Waals surface area contributed by atoms with Crippen LogP contribution in [-0.4, -0.2) is 20.4 Å². The van der Waals surface area contributed by atoms with Gasteiger partial charge in [-0.05, 0) is 12.8 Å². The molecule has 0 aliphatic heterocycles. The molecule has 5 nitrogen and oxygen atoms in total. The lowest BCUT2D eigenvalue weighted by molar-refractivity contribution is 0.338. The van der Waals surface area contributed by atoms with Gasteiger partial charge < -0.3 is 0 Å². The second-order valence-electron chi connectivity index (χ2n) is 3.67. The fraction of sp³-hybridized carbons (Fsp3) is 0.600. The monoisotopic (exact) mass is 242 g/mol. The van der Waals surface area contributed by atoms with E-state index in [2.05, 4.69) is 15.5 Å². The standard InChI is InChI=1S/C10H14N2O3S/c1-16(13,14)15-12-10-6-4-2-3-5-9(10)7-8-11/h2,4,9H,3,5-7H2,1H3. The van der Waals surface area contributed by atoms with E-state index in [0.717, 1.165) is 19.1 Å². The summed E-state index contributed by atoms with van der Waals surface area (Å²) >= 11 is 0. The molecule has 1 unspecified atom stereocenters. The first kappa shape index (κ1) is 12.7. The number of hydrogen-bond donors (Lipinski definition) is 0. The van der Waals surface area contributed by atoms with Crippen molar-refractivity contribution in [2.24, 2.45) is 11.1 Å². The summed E-state index contributed by atoms with van der Waals surface area (Å²) < 4.78 is 26.0. The molecule has 0 N–H and O–H groups in total. The van der Waals surface area contributed by atoms with E-state index in [1.807, 2.05) is 12.2 Å². The van der Waals surface area contributed by atoms with E-state index in [1.54, 1.807) is 0 Å². The SMILES string of the molecule is CS(=O)(=O)ON=C1CC=CCCC1CC#N. The smallest absolute Gasteiger partial charge is 0.269 e. The fourth-order valence-corrected chi connectivity index (χ4v) is 1.74. The van der Waals surface area contributed by atoms with Gasteiger partial charge in [0.25, 0.3) is 0 Å². The molecule has 0 heterocycles. The summed E-state index contributed by atoms with van der Waals surface area (Å²) in [6.45, 7) is 0. The number of nitrogens with zero attached hydrogens (tertiary/aromatic N) is 2. The van der Waals surface area contributed by atoms with Gasteiger partial charge in [0.15, 0.2) is 0 Å². The third-order valence-electron chi connectivity index (χ3n) is 2.27. The van der Waals surface area contributed by atoms with Gasteiger partial charge in [-0.3, -0.25) is 4.28 Å². The normalized spacial score (nSPS) is 23.8. The van der Waals surface area contributed by atoms with Gasteiger partial charge in [0.1, 0.15) is 0 Å². The van der Waals surface area contributed by atoms with E-state index in [0.29, 0.717) is 18.6 Å². The minimum atomic E-state index is -3.57. The van der Waals surface area contributed by atoms with Crippen LogP contribution in [-0.2, 0) is 14.4 Å². The van der Waals surface area contributed by atoms with Gasteiger partial charge in [-0.15, -0.1) is 0 Å². The molecule has 1 aliphatic rings. The van der Waals surface area contributed by atoms with E-state index in [-0.39, 0.29) is 5.92 Å². The first-order valence-electron chi connectivity index (χ1n) is 5.00. The molecule has 0 fully saturated rings. The molecule has 0 saturated heterocycles. The lowest BCUT2D eigenvalue weighted by Gasteiger charge is -2.11. The van der Waals surface area contributed by atoms with Crippen LogP contribution in [0.4, 0.5) is 0 Å². The summed E-state index contributed by atoms with van der Waals surface area (Å²) in [5.41, 5.74) is 0.626. The Morgan fingerprint density at radius 3 is 3.00 bits per heavy atom. The summed E-state index contributed by atoms with van der Waals surface area (Å²) in [4.78, 5) is 0. The average Bonchev–Trinajstić information content (AvgIpc) is 2.40. The Morgan fingerprint density at radius 2 is 2.38 bits per heavy atom. The summed E-state index contributed by atoms with van der Waals surface area (Å²) in [5, 5.41) is 12.3. The summed E-state index contributed by atoms with van der Waals surface area (Å²) in [6, 6.07) is 2.08. The van der Waals surface area contributed by atoms with Crippen LogP contribution in [0.2, 0.25) is 0 Å². The maximum atomic E-state index is 10.8. The second-order valence-corrected chi connectivity index (χ2v) is 5.23. The highest BCUT2D eigenvalue weighted by Gasteiger charge is 2.18. The molecule has 0 aromatic carbocycles. The molecule has 1 rings (SSSR count). The van der Waals surface area contributed by atoms with Crippen molar-refractivity contribution in [3.63, 3.8) is 0 Å². The lowest BCUT2D eigenvalue weighted by Crippen LogP contribution is -2.14. The minimum Gasteiger partial charge on any atom is -0.269 e. The molecule has 6 heteroatoms. The van der Waals surface area contributed by atoms with Crippen molar-refractivity contribution in [2.45, 2.75) is 25.7 Å². The Kier molecular flexibility index (Phi) is 4.50. The van der Waals surface area contributed by atoms with E-state index in [4.69, 9.17) is 5.26 Å². The van der Waals surface area contributed by atoms with Crippen molar-refractivity contribution >= 4 is 15.8 Å². The molecule has 0 spiro atoms. The van der Waals surface area contributed by atoms with Gasteiger partial charge in [0.05, 0.1) is 18.0 Å². The summed E-state index contributed by atoms with van der Waals surface area (Å²) in [6.07, 6.45) is 7.44. The van der Waals surface area contributed by atoms with Crippen LogP contribution >= 0.6 is 0 Å². The van der Waals surface area contributed by atoms with Gasteiger partial charge in [-0.25, -0.2) is 0 Å². The van der Waals surface area contributed by atoms with Gasteiger partial charge >= 0.3 is 10.1 Å². The minimum absolute atomic E-state index is 0.0123. The quantitative estimate of drug-likeness (QED) is 0.556. The molecule has 0 amide bonds. The Balaban J connectivity index is 2.79. The Morgan fingerprint density at radius 1 is 1.62 bits per heavy atom. The third kappa shape index (κ3) is 4.45. The van der Waals surface area contributed by atoms with Gasteiger partial charge in [0.2, 0.25) is 0 Å². The van der Waals surface area contributed by atoms with Crippen LogP contribution in [0.5, 0.6) is 0 Å². The van der Waals surface area contributed by atoms with E-state index in [9.17, 15) is 8.42 Å². The maximum Gasteiger partial charge on any atom is 0.325 e. The van der Waals surface area contributed by atoms with Crippen LogP contribution in [0.15, 0.2) is 17.3 Å². The van der Waals surface area contributed by atoms with Crippen LogP contribution in [0.25, 0.3) is 0 Å². The molecule has 0 aromatic rings. The molecular formula is C10H14N2O3S. The molecule has 1 aliphatic carbocycles. The molecule has 0 bridgehead atoms. The van der Waals surface area contributed by atoms with Crippen molar-refractivity contribution < 1.29 is 12.7 Å². The van der Waals surface area contributed by atoms with Crippen molar-refractivity contribution in [3.05, 3.63) is 12.2 Å². The number of hydrogen-bond acceptors (Lipinski definition) is 5. The Bertz CT molecular complexity index is 431. The van der Waals surface area contributed by atoms with Gasteiger partial charge in [0, 0.05) is 18.8 Å². The van der Waals surface area contributed by atoms with Crippen molar-refractivity contribution in [2.75, 3.05) is 6.26 Å². The number of allylic oxidation sites excluding steroid dienone is 2. The Hall–Kier alpha value is -1.35. The van der Waals surface area contributed by atoms with Crippen molar-refractivity contribution in [1.82, 2.24) is 0 Å². The zero-order chi connectivity index (χ0) is 12.0. The molecular weight excluding hydrogens is 228 g/mol. The molecule has 16 heavy (non-hydrogen) atoms. The third-order valence-corrected chi connectivity index (χ3v) is 2.62. The highest BCUT2D eigenvalue weighted by Crippen LogP contribution is 2.20. The van der Waals surface area contributed by atoms with E-state index >= 15 is 0 Å². The molecule has 0 aromatic heterocycles. The van der Waals surface area contributed by atoms with E-state index < -0.39 is 10.1 Å². The van der Waals surface area contributed by atoms with E-state index in [1.165, 1.54) is 0 Å². The maximum absolute atomic E-state index is 10.8. The van der Waals surface area contributed by atoms with Crippen LogP contribution in [0.3, 0.4) is 0 Å². The topological polar surface area (TPSA) is 79.5 Å². The van der Waals surface area contributed by atoms with Crippen molar-refractivity contribution in [1.29, 1.82) is 5.26 Å². The van der Waals surface area contributed by atoms with Crippen molar-refractivity contribution in [3.8, 4) is 6.07 Å². The van der Waals surface area contributed by atoms with Crippen LogP contribution in [0, 0.1) is 17.2 Å². The average molecular weight is 242 g/mol. The van der Waals surface area contributed by atoms with Crippen LogP contribution in [0.1, 0.15) is 25.7 Å². The molecule has 88 valence electrons. The highest BCUT2D eigenvalue weighted by atomic mass is 32.2. The molecule has 1 atom stereocenters.